The molecule has 1 aromatic carbocycles. The zero-order valence-electron chi connectivity index (χ0n) is 11.5. The fraction of sp³-hybridized carbons (Fsp3) is 0.250. The summed E-state index contributed by atoms with van der Waals surface area (Å²) < 4.78 is 5.38. The van der Waals surface area contributed by atoms with Gasteiger partial charge in [-0.3, -0.25) is 0 Å². The quantitative estimate of drug-likeness (QED) is 0.922. The monoisotopic (exact) mass is 265 g/mol. The second kappa shape index (κ2) is 6.06. The van der Waals surface area contributed by atoms with Gasteiger partial charge < -0.3 is 9.72 Å². The lowest BCUT2D eigenvalue weighted by Crippen LogP contribution is -1.94. The van der Waals surface area contributed by atoms with E-state index in [2.05, 4.69) is 17.1 Å². The van der Waals surface area contributed by atoms with Crippen LogP contribution < -0.4 is 0 Å². The molecule has 0 unspecified atom stereocenters. The lowest BCUT2D eigenvalue weighted by molar-refractivity contribution is 0.131. The van der Waals surface area contributed by atoms with Gasteiger partial charge in [-0.15, -0.1) is 0 Å². The average Bonchev–Trinajstić information content (AvgIpc) is 2.80. The van der Waals surface area contributed by atoms with E-state index in [1.807, 2.05) is 26.0 Å². The topological polar surface area (TPSA) is 72.6 Å². The molecule has 0 aliphatic heterocycles. The largest absolute Gasteiger partial charge is 0.375 e. The zero-order chi connectivity index (χ0) is 14.5. The van der Waals surface area contributed by atoms with Gasteiger partial charge in [0.1, 0.15) is 6.07 Å². The highest BCUT2D eigenvalue weighted by Gasteiger charge is 2.16. The second-order valence-corrected chi connectivity index (χ2v) is 4.42. The molecule has 0 saturated heterocycles. The number of aromatic nitrogens is 1. The fourth-order valence-electron chi connectivity index (χ4n) is 2.20. The van der Waals surface area contributed by atoms with E-state index in [1.54, 1.807) is 12.1 Å². The number of aryl methyl sites for hydroxylation is 1. The van der Waals surface area contributed by atoms with Crippen LogP contribution in [0.1, 0.15) is 29.4 Å². The minimum atomic E-state index is 0.399. The Kier molecular flexibility index (Phi) is 4.20. The molecule has 0 fully saturated rings. The van der Waals surface area contributed by atoms with Crippen molar-refractivity contribution in [2.75, 3.05) is 6.61 Å². The molecule has 1 N–H and O–H groups in total. The standard InChI is InChI=1S/C16H15N3O/c1-3-20-10-15-14(9-18)16(11(2)19-15)13-6-4-12(8-17)5-7-13/h4-7,19H,3,10H2,1-2H3. The summed E-state index contributed by atoms with van der Waals surface area (Å²) in [6, 6.07) is 11.6. The maximum absolute atomic E-state index is 9.40. The number of H-pyrrole nitrogens is 1. The first kappa shape index (κ1) is 13.9. The van der Waals surface area contributed by atoms with Gasteiger partial charge in [0.25, 0.3) is 0 Å². The van der Waals surface area contributed by atoms with E-state index >= 15 is 0 Å². The zero-order valence-corrected chi connectivity index (χ0v) is 11.5. The Balaban J connectivity index is 2.47. The molecule has 4 heteroatoms. The van der Waals surface area contributed by atoms with Crippen LogP contribution in [0.25, 0.3) is 11.1 Å². The third-order valence-corrected chi connectivity index (χ3v) is 3.13. The Morgan fingerprint density at radius 1 is 1.15 bits per heavy atom. The van der Waals surface area contributed by atoms with Gasteiger partial charge in [0, 0.05) is 17.9 Å². The van der Waals surface area contributed by atoms with Crippen molar-refractivity contribution in [1.82, 2.24) is 4.98 Å². The van der Waals surface area contributed by atoms with Crippen molar-refractivity contribution in [1.29, 1.82) is 10.5 Å². The number of hydrogen-bond acceptors (Lipinski definition) is 3. The molecule has 0 bridgehead atoms. The molecule has 100 valence electrons. The van der Waals surface area contributed by atoms with Gasteiger partial charge in [0.05, 0.1) is 29.5 Å². The molecule has 0 atom stereocenters. The molecule has 0 saturated carbocycles. The van der Waals surface area contributed by atoms with Crippen LogP contribution in [0.3, 0.4) is 0 Å². The molecular weight excluding hydrogens is 250 g/mol. The lowest BCUT2D eigenvalue weighted by Gasteiger charge is -2.02. The smallest absolute Gasteiger partial charge is 0.102 e. The first-order valence-electron chi connectivity index (χ1n) is 6.41. The molecule has 4 nitrogen and oxygen atoms in total. The van der Waals surface area contributed by atoms with Gasteiger partial charge in [0.15, 0.2) is 0 Å². The van der Waals surface area contributed by atoms with E-state index in [-0.39, 0.29) is 0 Å². The molecular formula is C16H15N3O. The first-order valence-corrected chi connectivity index (χ1v) is 6.41. The molecule has 20 heavy (non-hydrogen) atoms. The molecule has 0 spiro atoms. The summed E-state index contributed by atoms with van der Waals surface area (Å²) in [7, 11) is 0. The summed E-state index contributed by atoms with van der Waals surface area (Å²) >= 11 is 0. The van der Waals surface area contributed by atoms with E-state index < -0.39 is 0 Å². The average molecular weight is 265 g/mol. The van der Waals surface area contributed by atoms with E-state index in [1.165, 1.54) is 0 Å². The minimum Gasteiger partial charge on any atom is -0.375 e. The molecule has 0 radical (unpaired) electrons. The van der Waals surface area contributed by atoms with Crippen molar-refractivity contribution in [3.05, 3.63) is 46.8 Å². The summed E-state index contributed by atoms with van der Waals surface area (Å²) in [5.41, 5.74) is 4.76. The summed E-state index contributed by atoms with van der Waals surface area (Å²) in [4.78, 5) is 3.21. The summed E-state index contributed by atoms with van der Waals surface area (Å²) in [5.74, 6) is 0. The van der Waals surface area contributed by atoms with Crippen LogP contribution in [0.15, 0.2) is 24.3 Å². The van der Waals surface area contributed by atoms with Crippen molar-refractivity contribution in [2.24, 2.45) is 0 Å². The Morgan fingerprint density at radius 2 is 1.85 bits per heavy atom. The van der Waals surface area contributed by atoms with Gasteiger partial charge in [-0.1, -0.05) is 12.1 Å². The Morgan fingerprint density at radius 3 is 2.40 bits per heavy atom. The second-order valence-electron chi connectivity index (χ2n) is 4.42. The van der Waals surface area contributed by atoms with E-state index in [0.717, 1.165) is 22.5 Å². The van der Waals surface area contributed by atoms with Crippen LogP contribution in [-0.2, 0) is 11.3 Å². The molecule has 0 aliphatic carbocycles. The first-order chi connectivity index (χ1) is 9.71. The van der Waals surface area contributed by atoms with Gasteiger partial charge in [0.2, 0.25) is 0 Å². The number of nitrogens with zero attached hydrogens (tertiary/aromatic N) is 2. The molecule has 0 aliphatic rings. The van der Waals surface area contributed by atoms with Crippen molar-refractivity contribution >= 4 is 0 Å². The maximum atomic E-state index is 9.40. The van der Waals surface area contributed by atoms with Crippen LogP contribution in [0, 0.1) is 29.6 Å². The SMILES string of the molecule is CCOCc1[nH]c(C)c(-c2ccc(C#N)cc2)c1C#N. The number of hydrogen-bond donors (Lipinski definition) is 1. The third-order valence-electron chi connectivity index (χ3n) is 3.13. The van der Waals surface area contributed by atoms with Crippen LogP contribution in [0.2, 0.25) is 0 Å². The van der Waals surface area contributed by atoms with Crippen LogP contribution in [0.4, 0.5) is 0 Å². The Labute approximate surface area is 118 Å². The summed E-state index contributed by atoms with van der Waals surface area (Å²) in [6.07, 6.45) is 0. The summed E-state index contributed by atoms with van der Waals surface area (Å²) in [5, 5.41) is 18.2. The number of rotatable bonds is 4. The number of nitrogens with one attached hydrogen (secondary N) is 1. The van der Waals surface area contributed by atoms with Crippen molar-refractivity contribution < 1.29 is 4.74 Å². The highest BCUT2D eigenvalue weighted by Crippen LogP contribution is 2.30. The number of ether oxygens (including phenoxy) is 1. The van der Waals surface area contributed by atoms with Crippen molar-refractivity contribution in [2.45, 2.75) is 20.5 Å². The number of nitriles is 2. The molecule has 1 aromatic heterocycles. The molecule has 2 aromatic rings. The van der Waals surface area contributed by atoms with Crippen LogP contribution in [0.5, 0.6) is 0 Å². The fourth-order valence-corrected chi connectivity index (χ4v) is 2.20. The maximum Gasteiger partial charge on any atom is 0.102 e. The van der Waals surface area contributed by atoms with Gasteiger partial charge >= 0.3 is 0 Å². The normalized spacial score (nSPS) is 10.0. The van der Waals surface area contributed by atoms with Gasteiger partial charge in [-0.05, 0) is 31.5 Å². The lowest BCUT2D eigenvalue weighted by atomic mass is 10.00. The predicted molar refractivity (Wildman–Crippen MR) is 75.7 cm³/mol. The van der Waals surface area contributed by atoms with E-state index in [4.69, 9.17) is 10.00 Å². The van der Waals surface area contributed by atoms with Crippen molar-refractivity contribution in [3.63, 3.8) is 0 Å². The van der Waals surface area contributed by atoms with Crippen LogP contribution >= 0.6 is 0 Å². The van der Waals surface area contributed by atoms with E-state index in [9.17, 15) is 5.26 Å². The van der Waals surface area contributed by atoms with E-state index in [0.29, 0.717) is 24.3 Å². The molecule has 0 amide bonds. The van der Waals surface area contributed by atoms with Crippen molar-refractivity contribution in [3.8, 4) is 23.3 Å². The summed E-state index contributed by atoms with van der Waals surface area (Å²) in [6.45, 7) is 4.86. The number of benzene rings is 1. The van der Waals surface area contributed by atoms with Gasteiger partial charge in [-0.25, -0.2) is 0 Å². The predicted octanol–water partition coefficient (Wildman–Crippen LogP) is 3.27. The Hall–Kier alpha value is -2.56. The van der Waals surface area contributed by atoms with Crippen LogP contribution in [-0.4, -0.2) is 11.6 Å². The molecule has 1 heterocycles. The minimum absolute atomic E-state index is 0.399. The molecule has 2 rings (SSSR count). The number of aromatic amines is 1. The Bertz CT molecular complexity index is 684. The van der Waals surface area contributed by atoms with Gasteiger partial charge in [-0.2, -0.15) is 10.5 Å². The highest BCUT2D eigenvalue weighted by molar-refractivity contribution is 5.75. The third kappa shape index (κ3) is 2.56. The highest BCUT2D eigenvalue weighted by atomic mass is 16.5.